The van der Waals surface area contributed by atoms with Gasteiger partial charge in [-0.05, 0) is 25.0 Å². The second kappa shape index (κ2) is 10.2. The lowest BCUT2D eigenvalue weighted by atomic mass is 9.95. The summed E-state index contributed by atoms with van der Waals surface area (Å²) in [4.78, 5) is 37.7. The Morgan fingerprint density at radius 1 is 1.13 bits per heavy atom. The van der Waals surface area contributed by atoms with E-state index in [1.165, 1.54) is 23.5 Å². The van der Waals surface area contributed by atoms with Crippen LogP contribution in [0.1, 0.15) is 42.5 Å². The van der Waals surface area contributed by atoms with Crippen LogP contribution in [0.25, 0.3) is 0 Å². The number of benzene rings is 1. The van der Waals surface area contributed by atoms with Crippen molar-refractivity contribution >= 4 is 23.0 Å². The molecule has 1 fully saturated rings. The van der Waals surface area contributed by atoms with Crippen molar-refractivity contribution in [3.63, 3.8) is 0 Å². The van der Waals surface area contributed by atoms with Crippen LogP contribution in [-0.2, 0) is 4.74 Å². The number of nitrogens with zero attached hydrogens (tertiary/aromatic N) is 2. The number of hydrogen-bond donors (Lipinski definition) is 3. The first-order chi connectivity index (χ1) is 14.2. The number of phenols is 1. The lowest BCUT2D eigenvalue weighted by Crippen LogP contribution is -2.45. The minimum absolute atomic E-state index is 0.00956. The van der Waals surface area contributed by atoms with Crippen molar-refractivity contribution in [2.24, 2.45) is 5.84 Å². The van der Waals surface area contributed by atoms with E-state index in [4.69, 9.17) is 5.84 Å². The fourth-order valence-corrected chi connectivity index (χ4v) is 3.45. The second-order valence-electron chi connectivity index (χ2n) is 7.51. The molecule has 1 aliphatic carbocycles. The highest BCUT2D eigenvalue weighted by molar-refractivity contribution is 5.99. The van der Waals surface area contributed by atoms with Gasteiger partial charge in [-0.2, -0.15) is 0 Å². The Hall–Kier alpha value is -2.91. The number of hydrogen-bond acceptors (Lipinski definition) is 8. The maximum atomic E-state index is 12.2. The Kier molecular flexibility index (Phi) is 7.96. The van der Waals surface area contributed by atoms with E-state index in [0.717, 1.165) is 30.7 Å². The number of nitrogens with one attached hydrogen (secondary N) is 1. The summed E-state index contributed by atoms with van der Waals surface area (Å²) in [5.74, 6) is 5.34. The summed E-state index contributed by atoms with van der Waals surface area (Å²) in [5, 5.41) is 14.6. The van der Waals surface area contributed by atoms with Crippen LogP contribution >= 0.6 is 0 Å². The van der Waals surface area contributed by atoms with Crippen molar-refractivity contribution in [3.05, 3.63) is 44.2 Å². The Labute approximate surface area is 175 Å². The van der Waals surface area contributed by atoms with E-state index < -0.39 is 16.8 Å². The predicted molar refractivity (Wildman–Crippen MR) is 117 cm³/mol. The highest BCUT2D eigenvalue weighted by atomic mass is 16.4. The minimum atomic E-state index is -0.709. The highest BCUT2D eigenvalue weighted by Gasteiger charge is 2.29. The van der Waals surface area contributed by atoms with E-state index in [0.29, 0.717) is 0 Å². The molecule has 9 nitrogen and oxygen atoms in total. The number of carbonyl (C=O) groups excluding carboxylic acids is 1. The monoisotopic (exact) mass is 418 g/mol. The van der Waals surface area contributed by atoms with Crippen molar-refractivity contribution < 1.29 is 14.6 Å². The number of rotatable bonds is 5. The molecule has 0 saturated heterocycles. The SMILES string of the molecule is CN(C)C(=O)c1cccc(N(N)c2c(NC3CCCCC3)c(=O)c2=O)c1O.COC. The number of nitrogens with two attached hydrogens (primary N) is 1. The number of methoxy groups -OCH3 is 1. The van der Waals surface area contributed by atoms with Gasteiger partial charge in [0.05, 0.1) is 5.56 Å². The number of aromatic hydroxyl groups is 1. The van der Waals surface area contributed by atoms with Gasteiger partial charge in [0.1, 0.15) is 17.1 Å². The minimum Gasteiger partial charge on any atom is -0.505 e. The Morgan fingerprint density at radius 3 is 2.30 bits per heavy atom. The lowest BCUT2D eigenvalue weighted by molar-refractivity contribution is 0.0824. The average molecular weight is 418 g/mol. The number of amides is 1. The molecule has 0 heterocycles. The van der Waals surface area contributed by atoms with Gasteiger partial charge in [0.2, 0.25) is 0 Å². The van der Waals surface area contributed by atoms with E-state index in [-0.39, 0.29) is 34.4 Å². The number of carbonyl (C=O) groups is 1. The molecule has 164 valence electrons. The Balaban J connectivity index is 0.00000101. The molecule has 0 unspecified atom stereocenters. The molecule has 2 aromatic rings. The zero-order valence-corrected chi connectivity index (χ0v) is 17.9. The summed E-state index contributed by atoms with van der Waals surface area (Å²) in [5.41, 5.74) is -0.978. The van der Waals surface area contributed by atoms with Crippen LogP contribution < -0.4 is 27.0 Å². The molecule has 1 aliphatic rings. The fourth-order valence-electron chi connectivity index (χ4n) is 3.45. The van der Waals surface area contributed by atoms with Gasteiger partial charge in [-0.15, -0.1) is 0 Å². The van der Waals surface area contributed by atoms with Crippen molar-refractivity contribution in [1.82, 2.24) is 4.90 Å². The first-order valence-electron chi connectivity index (χ1n) is 9.83. The summed E-state index contributed by atoms with van der Waals surface area (Å²) in [6.07, 6.45) is 5.18. The third-order valence-corrected chi connectivity index (χ3v) is 4.99. The summed E-state index contributed by atoms with van der Waals surface area (Å²) < 4.78 is 4.25. The van der Waals surface area contributed by atoms with Gasteiger partial charge < -0.3 is 20.1 Å². The average Bonchev–Trinajstić information content (AvgIpc) is 2.73. The van der Waals surface area contributed by atoms with Crippen LogP contribution in [0.3, 0.4) is 0 Å². The van der Waals surface area contributed by atoms with Gasteiger partial charge in [-0.1, -0.05) is 25.3 Å². The molecule has 1 saturated carbocycles. The normalized spacial score (nSPS) is 14.0. The molecular formula is C21H30N4O5. The van der Waals surface area contributed by atoms with E-state index >= 15 is 0 Å². The zero-order chi connectivity index (χ0) is 22.4. The van der Waals surface area contributed by atoms with Crippen LogP contribution in [0.2, 0.25) is 0 Å². The lowest BCUT2D eigenvalue weighted by Gasteiger charge is -2.28. The molecule has 4 N–H and O–H groups in total. The molecule has 0 bridgehead atoms. The Morgan fingerprint density at radius 2 is 1.73 bits per heavy atom. The first-order valence-corrected chi connectivity index (χ1v) is 9.83. The van der Waals surface area contributed by atoms with Gasteiger partial charge in [-0.3, -0.25) is 19.4 Å². The third kappa shape index (κ3) is 4.80. The molecular weight excluding hydrogens is 388 g/mol. The Bertz CT molecular complexity index is 943. The standard InChI is InChI=1S/C19H24N4O4.C2H6O/c1-22(2)19(27)12-9-6-10-13(16(12)24)23(20)15-14(17(25)18(15)26)21-11-7-4-3-5-8-11;1-3-2/h6,9-11,21,24H,3-5,7-8,20H2,1-2H3;1-2H3. The van der Waals surface area contributed by atoms with Crippen LogP contribution in [0.4, 0.5) is 17.1 Å². The molecule has 9 heteroatoms. The summed E-state index contributed by atoms with van der Waals surface area (Å²) in [6, 6.07) is 4.65. The number of para-hydroxylation sites is 1. The van der Waals surface area contributed by atoms with E-state index in [1.807, 2.05) is 0 Å². The van der Waals surface area contributed by atoms with Gasteiger partial charge in [0.25, 0.3) is 16.8 Å². The second-order valence-corrected chi connectivity index (χ2v) is 7.51. The largest absolute Gasteiger partial charge is 0.505 e. The van der Waals surface area contributed by atoms with Crippen LogP contribution in [0.5, 0.6) is 5.75 Å². The predicted octanol–water partition coefficient (Wildman–Crippen LogP) is 1.71. The van der Waals surface area contributed by atoms with Crippen LogP contribution in [0, 0.1) is 0 Å². The first kappa shape index (κ1) is 23.4. The maximum Gasteiger partial charge on any atom is 0.257 e. The number of ether oxygens (including phenoxy) is 1. The van der Waals surface area contributed by atoms with Crippen molar-refractivity contribution in [2.45, 2.75) is 38.1 Å². The van der Waals surface area contributed by atoms with E-state index in [9.17, 15) is 19.5 Å². The molecule has 3 rings (SSSR count). The maximum absolute atomic E-state index is 12.2. The van der Waals surface area contributed by atoms with Crippen molar-refractivity contribution in [1.29, 1.82) is 0 Å². The highest BCUT2D eigenvalue weighted by Crippen LogP contribution is 2.35. The number of hydrazine groups is 1. The summed E-state index contributed by atoms with van der Waals surface area (Å²) >= 11 is 0. The topological polar surface area (TPSA) is 125 Å². The van der Waals surface area contributed by atoms with Gasteiger partial charge in [-0.25, -0.2) is 5.84 Å². The molecule has 1 amide bonds. The fraction of sp³-hybridized carbons (Fsp3) is 0.476. The summed E-state index contributed by atoms with van der Waals surface area (Å²) in [7, 11) is 6.38. The van der Waals surface area contributed by atoms with Gasteiger partial charge in [0, 0.05) is 34.4 Å². The zero-order valence-electron chi connectivity index (χ0n) is 17.9. The molecule has 0 aliphatic heterocycles. The third-order valence-electron chi connectivity index (χ3n) is 4.99. The van der Waals surface area contributed by atoms with Gasteiger partial charge >= 0.3 is 0 Å². The molecule has 30 heavy (non-hydrogen) atoms. The number of phenolic OH excluding ortho intramolecular Hbond substituents is 1. The molecule has 0 radical (unpaired) electrons. The van der Waals surface area contributed by atoms with Crippen LogP contribution in [0.15, 0.2) is 27.8 Å². The number of anilines is 3. The molecule has 0 aromatic heterocycles. The summed E-state index contributed by atoms with van der Waals surface area (Å²) in [6.45, 7) is 0. The van der Waals surface area contributed by atoms with Crippen LogP contribution in [-0.4, -0.2) is 50.3 Å². The van der Waals surface area contributed by atoms with E-state index in [1.54, 1.807) is 34.4 Å². The van der Waals surface area contributed by atoms with Gasteiger partial charge in [0.15, 0.2) is 5.75 Å². The molecule has 0 atom stereocenters. The smallest absolute Gasteiger partial charge is 0.257 e. The van der Waals surface area contributed by atoms with E-state index in [2.05, 4.69) is 10.1 Å². The molecule has 0 spiro atoms. The van der Waals surface area contributed by atoms with Crippen molar-refractivity contribution in [2.75, 3.05) is 38.6 Å². The quantitative estimate of drug-likeness (QED) is 0.381. The van der Waals surface area contributed by atoms with Crippen molar-refractivity contribution in [3.8, 4) is 5.75 Å². The molecule has 2 aromatic carbocycles.